The van der Waals surface area contributed by atoms with Gasteiger partial charge in [-0.15, -0.1) is 0 Å². The van der Waals surface area contributed by atoms with Gasteiger partial charge in [0, 0.05) is 12.7 Å². The molecule has 0 saturated carbocycles. The lowest BCUT2D eigenvalue weighted by atomic mass is 9.99. The van der Waals surface area contributed by atoms with E-state index in [-0.39, 0.29) is 11.8 Å². The fourth-order valence-corrected chi connectivity index (χ4v) is 2.89. The van der Waals surface area contributed by atoms with Gasteiger partial charge < -0.3 is 5.32 Å². The van der Waals surface area contributed by atoms with Gasteiger partial charge in [-0.25, -0.2) is 0 Å². The Bertz CT molecular complexity index is 925. The van der Waals surface area contributed by atoms with E-state index < -0.39 is 0 Å². The predicted molar refractivity (Wildman–Crippen MR) is 100 cm³/mol. The van der Waals surface area contributed by atoms with E-state index in [1.807, 2.05) is 64.1 Å². The molecular formula is C21H22N2O2. The van der Waals surface area contributed by atoms with Crippen LogP contribution in [0.5, 0.6) is 0 Å². The van der Waals surface area contributed by atoms with Crippen LogP contribution < -0.4 is 5.32 Å². The lowest BCUT2D eigenvalue weighted by molar-refractivity contribution is -0.135. The van der Waals surface area contributed by atoms with Gasteiger partial charge in [0.15, 0.2) is 0 Å². The molecule has 0 aromatic heterocycles. The first-order valence-electron chi connectivity index (χ1n) is 8.28. The van der Waals surface area contributed by atoms with Crippen molar-refractivity contribution in [2.45, 2.75) is 27.7 Å². The second-order valence-corrected chi connectivity index (χ2v) is 6.64. The van der Waals surface area contributed by atoms with Crippen LogP contribution in [0.1, 0.15) is 27.8 Å². The molecule has 0 aliphatic carbocycles. The molecule has 0 atom stereocenters. The minimum absolute atomic E-state index is 0.278. The molecule has 0 saturated heterocycles. The largest absolute Gasteiger partial charge is 0.350 e. The van der Waals surface area contributed by atoms with Crippen LogP contribution in [0, 0.1) is 27.7 Å². The number of carbonyl (C=O) groups is 2. The molecule has 0 radical (unpaired) electrons. The highest BCUT2D eigenvalue weighted by Crippen LogP contribution is 2.31. The Kier molecular flexibility index (Phi) is 4.21. The van der Waals surface area contributed by atoms with Crippen molar-refractivity contribution in [3.8, 4) is 0 Å². The van der Waals surface area contributed by atoms with E-state index in [4.69, 9.17) is 0 Å². The summed E-state index contributed by atoms with van der Waals surface area (Å²) in [5, 5.41) is 3.17. The molecule has 3 rings (SSSR count). The second-order valence-electron chi connectivity index (χ2n) is 6.64. The van der Waals surface area contributed by atoms with E-state index in [0.717, 1.165) is 32.8 Å². The van der Waals surface area contributed by atoms with E-state index in [9.17, 15) is 9.59 Å². The lowest BCUT2D eigenvalue weighted by Crippen LogP contribution is -2.27. The fourth-order valence-electron chi connectivity index (χ4n) is 2.89. The van der Waals surface area contributed by atoms with E-state index >= 15 is 0 Å². The summed E-state index contributed by atoms with van der Waals surface area (Å²) < 4.78 is 0. The average molecular weight is 334 g/mol. The number of hydrogen-bond acceptors (Lipinski definition) is 3. The average Bonchev–Trinajstić information content (AvgIpc) is 2.78. The van der Waals surface area contributed by atoms with Crippen molar-refractivity contribution in [1.82, 2.24) is 4.90 Å². The third-order valence-corrected chi connectivity index (χ3v) is 4.86. The zero-order valence-corrected chi connectivity index (χ0v) is 15.2. The highest BCUT2D eigenvalue weighted by molar-refractivity contribution is 6.36. The van der Waals surface area contributed by atoms with Crippen molar-refractivity contribution in [1.29, 1.82) is 0 Å². The number of amides is 2. The van der Waals surface area contributed by atoms with Crippen molar-refractivity contribution in [2.75, 3.05) is 12.4 Å². The van der Waals surface area contributed by atoms with E-state index in [1.54, 1.807) is 0 Å². The third-order valence-electron chi connectivity index (χ3n) is 4.86. The van der Waals surface area contributed by atoms with E-state index in [1.165, 1.54) is 12.6 Å². The van der Waals surface area contributed by atoms with Crippen molar-refractivity contribution in [3.63, 3.8) is 0 Å². The molecule has 2 amide bonds. The molecule has 4 heteroatoms. The molecule has 4 nitrogen and oxygen atoms in total. The molecule has 0 unspecified atom stereocenters. The Morgan fingerprint density at radius 1 is 0.760 bits per heavy atom. The fraction of sp³-hybridized carbons (Fsp3) is 0.238. The van der Waals surface area contributed by atoms with Crippen LogP contribution in [0.4, 0.5) is 5.69 Å². The minimum atomic E-state index is -0.309. The minimum Gasteiger partial charge on any atom is -0.350 e. The number of hydrogen-bond donors (Lipinski definition) is 1. The van der Waals surface area contributed by atoms with Crippen LogP contribution in [0.25, 0.3) is 5.57 Å². The number of nitrogens with zero attached hydrogens (tertiary/aromatic N) is 1. The Hall–Kier alpha value is -2.88. The molecule has 2 aromatic rings. The van der Waals surface area contributed by atoms with Crippen LogP contribution >= 0.6 is 0 Å². The van der Waals surface area contributed by atoms with Crippen molar-refractivity contribution < 1.29 is 9.59 Å². The molecule has 1 aliphatic heterocycles. The van der Waals surface area contributed by atoms with E-state index in [2.05, 4.69) is 5.32 Å². The van der Waals surface area contributed by atoms with Gasteiger partial charge in [0.05, 0.1) is 5.57 Å². The number of anilines is 1. The second kappa shape index (κ2) is 6.20. The Labute approximate surface area is 148 Å². The van der Waals surface area contributed by atoms with Gasteiger partial charge in [0.1, 0.15) is 5.70 Å². The molecule has 1 heterocycles. The van der Waals surface area contributed by atoms with Crippen LogP contribution in [-0.2, 0) is 9.59 Å². The Morgan fingerprint density at radius 2 is 1.36 bits per heavy atom. The van der Waals surface area contributed by atoms with Gasteiger partial charge in [-0.2, -0.15) is 0 Å². The SMILES string of the molecule is Cc1ccc(NC2=C(c3ccc(C)c(C)c3)C(=O)N(C)C2=O)cc1C. The highest BCUT2D eigenvalue weighted by atomic mass is 16.2. The normalized spacial score (nSPS) is 14.5. The van der Waals surface area contributed by atoms with Gasteiger partial charge in [-0.05, 0) is 67.6 Å². The van der Waals surface area contributed by atoms with E-state index in [0.29, 0.717) is 11.3 Å². The monoisotopic (exact) mass is 334 g/mol. The summed E-state index contributed by atoms with van der Waals surface area (Å²) >= 11 is 0. The summed E-state index contributed by atoms with van der Waals surface area (Å²) in [4.78, 5) is 26.4. The first-order chi connectivity index (χ1) is 11.8. The lowest BCUT2D eigenvalue weighted by Gasteiger charge is -2.11. The maximum atomic E-state index is 12.6. The smallest absolute Gasteiger partial charge is 0.277 e. The van der Waals surface area contributed by atoms with Gasteiger partial charge in [0.25, 0.3) is 11.8 Å². The van der Waals surface area contributed by atoms with Crippen LogP contribution in [0.2, 0.25) is 0 Å². The van der Waals surface area contributed by atoms with Crippen LogP contribution in [0.15, 0.2) is 42.1 Å². The van der Waals surface area contributed by atoms with Gasteiger partial charge in [-0.3, -0.25) is 14.5 Å². The Balaban J connectivity index is 2.11. The van der Waals surface area contributed by atoms with Gasteiger partial charge in [0.2, 0.25) is 0 Å². The number of imide groups is 1. The van der Waals surface area contributed by atoms with Crippen LogP contribution in [0.3, 0.4) is 0 Å². The van der Waals surface area contributed by atoms with Gasteiger partial charge >= 0.3 is 0 Å². The molecule has 2 aromatic carbocycles. The molecule has 25 heavy (non-hydrogen) atoms. The number of rotatable bonds is 3. The van der Waals surface area contributed by atoms with Crippen molar-refractivity contribution in [3.05, 3.63) is 69.9 Å². The summed E-state index contributed by atoms with van der Waals surface area (Å²) in [6.45, 7) is 8.08. The number of nitrogens with one attached hydrogen (secondary N) is 1. The zero-order valence-electron chi connectivity index (χ0n) is 15.2. The molecule has 0 fully saturated rings. The molecule has 1 aliphatic rings. The third kappa shape index (κ3) is 2.95. The summed E-state index contributed by atoms with van der Waals surface area (Å²) in [6, 6.07) is 11.7. The first kappa shape index (κ1) is 17.0. The molecule has 128 valence electrons. The summed E-state index contributed by atoms with van der Waals surface area (Å²) in [7, 11) is 1.51. The predicted octanol–water partition coefficient (Wildman–Crippen LogP) is 3.74. The zero-order chi connectivity index (χ0) is 18.3. The number of likely N-dealkylation sites (N-methyl/N-ethyl adjacent to an activating group) is 1. The maximum absolute atomic E-state index is 12.6. The standard InChI is InChI=1S/C21H22N2O2/c1-12-6-8-16(10-14(12)3)18-19(21(25)23(5)20(18)24)22-17-9-7-13(2)15(4)11-17/h6-11,22H,1-5H3. The first-order valence-corrected chi connectivity index (χ1v) is 8.28. The molecular weight excluding hydrogens is 312 g/mol. The maximum Gasteiger partial charge on any atom is 0.277 e. The van der Waals surface area contributed by atoms with Gasteiger partial charge in [-0.1, -0.05) is 24.3 Å². The quantitative estimate of drug-likeness (QED) is 0.870. The summed E-state index contributed by atoms with van der Waals surface area (Å²) in [5.74, 6) is -0.587. The topological polar surface area (TPSA) is 49.4 Å². The Morgan fingerprint density at radius 3 is 1.96 bits per heavy atom. The molecule has 0 spiro atoms. The number of benzene rings is 2. The summed E-state index contributed by atoms with van der Waals surface area (Å²) in [6.07, 6.45) is 0. The number of carbonyl (C=O) groups excluding carboxylic acids is 2. The summed E-state index contributed by atoms with van der Waals surface area (Å²) in [5.41, 5.74) is 6.87. The highest BCUT2D eigenvalue weighted by Gasteiger charge is 2.36. The number of aryl methyl sites for hydroxylation is 4. The molecule has 1 N–H and O–H groups in total. The van der Waals surface area contributed by atoms with Crippen molar-refractivity contribution in [2.24, 2.45) is 0 Å². The van der Waals surface area contributed by atoms with Crippen molar-refractivity contribution >= 4 is 23.1 Å². The molecule has 0 bridgehead atoms. The van der Waals surface area contributed by atoms with Crippen LogP contribution in [-0.4, -0.2) is 23.8 Å².